The fourth-order valence-corrected chi connectivity index (χ4v) is 3.37. The summed E-state index contributed by atoms with van der Waals surface area (Å²) < 4.78 is -0.927. The normalized spacial score (nSPS) is 11.6. The number of hydrogen-bond donors (Lipinski definition) is 1. The zero-order chi connectivity index (χ0) is 16.4. The summed E-state index contributed by atoms with van der Waals surface area (Å²) in [4.78, 5) is 20.9. The molecule has 0 bridgehead atoms. The van der Waals surface area contributed by atoms with Crippen molar-refractivity contribution in [3.05, 3.63) is 55.0 Å². The number of benzene rings is 1. The first-order valence-corrected chi connectivity index (χ1v) is 8.01. The predicted octanol–water partition coefficient (Wildman–Crippen LogP) is 4.25. The molecule has 0 saturated heterocycles. The summed E-state index contributed by atoms with van der Waals surface area (Å²) in [7, 11) is 0. The van der Waals surface area contributed by atoms with E-state index in [9.17, 15) is 9.90 Å². The summed E-state index contributed by atoms with van der Waals surface area (Å²) in [6.45, 7) is 3.40. The van der Waals surface area contributed by atoms with Crippen molar-refractivity contribution in [1.29, 1.82) is 0 Å². The van der Waals surface area contributed by atoms with E-state index >= 15 is 0 Å². The average Bonchev–Trinajstić information content (AvgIpc) is 2.54. The first kappa shape index (κ1) is 15.5. The van der Waals surface area contributed by atoms with Crippen LogP contribution in [0.3, 0.4) is 0 Å². The standard InChI is InChI=1S/C18H16N2O2S/c1-18(2,17(21)22)23-15-7-4-9-20-16(15)14-6-3-5-12-11-19-10-8-13(12)14/h3-11H,1-2H3,(H,21,22). The van der Waals surface area contributed by atoms with Gasteiger partial charge in [0, 0.05) is 34.4 Å². The van der Waals surface area contributed by atoms with Crippen LogP contribution in [0.2, 0.25) is 0 Å². The first-order chi connectivity index (χ1) is 11.0. The van der Waals surface area contributed by atoms with E-state index in [0.29, 0.717) is 0 Å². The van der Waals surface area contributed by atoms with Gasteiger partial charge >= 0.3 is 5.97 Å². The number of aromatic nitrogens is 2. The summed E-state index contributed by atoms with van der Waals surface area (Å²) in [6.07, 6.45) is 5.30. The fraction of sp³-hybridized carbons (Fsp3) is 0.167. The Morgan fingerprint density at radius 3 is 2.74 bits per heavy atom. The van der Waals surface area contributed by atoms with Gasteiger partial charge in [0.25, 0.3) is 0 Å². The number of rotatable bonds is 4. The summed E-state index contributed by atoms with van der Waals surface area (Å²) in [5.74, 6) is -0.848. The number of carboxylic acids is 1. The van der Waals surface area contributed by atoms with E-state index in [1.807, 2.05) is 42.6 Å². The first-order valence-electron chi connectivity index (χ1n) is 7.19. The number of nitrogens with zero attached hydrogens (tertiary/aromatic N) is 2. The van der Waals surface area contributed by atoms with Crippen LogP contribution < -0.4 is 0 Å². The Balaban J connectivity index is 2.15. The van der Waals surface area contributed by atoms with Gasteiger partial charge in [-0.25, -0.2) is 0 Å². The number of aliphatic carboxylic acids is 1. The number of carbonyl (C=O) groups is 1. The second-order valence-electron chi connectivity index (χ2n) is 5.67. The van der Waals surface area contributed by atoms with E-state index < -0.39 is 10.7 Å². The Bertz CT molecular complexity index is 872. The molecule has 23 heavy (non-hydrogen) atoms. The maximum atomic E-state index is 11.4. The SMILES string of the molecule is CC(C)(Sc1cccnc1-c1cccc2cnccc12)C(=O)O. The molecule has 4 nitrogen and oxygen atoms in total. The molecular formula is C18H16N2O2S. The average molecular weight is 324 g/mol. The Morgan fingerprint density at radius 1 is 1.13 bits per heavy atom. The molecule has 0 fully saturated rings. The topological polar surface area (TPSA) is 63.1 Å². The Kier molecular flexibility index (Phi) is 4.05. The maximum Gasteiger partial charge on any atom is 0.319 e. The van der Waals surface area contributed by atoms with Crippen molar-refractivity contribution < 1.29 is 9.90 Å². The van der Waals surface area contributed by atoms with E-state index in [1.165, 1.54) is 11.8 Å². The van der Waals surface area contributed by atoms with Crippen LogP contribution in [-0.2, 0) is 4.79 Å². The van der Waals surface area contributed by atoms with Gasteiger partial charge in [0.15, 0.2) is 0 Å². The molecule has 2 heterocycles. The predicted molar refractivity (Wildman–Crippen MR) is 92.5 cm³/mol. The number of thioether (sulfide) groups is 1. The molecule has 5 heteroatoms. The molecule has 0 amide bonds. The van der Waals surface area contributed by atoms with E-state index in [4.69, 9.17) is 0 Å². The van der Waals surface area contributed by atoms with E-state index in [2.05, 4.69) is 9.97 Å². The monoisotopic (exact) mass is 324 g/mol. The van der Waals surface area contributed by atoms with Crippen molar-refractivity contribution in [2.45, 2.75) is 23.5 Å². The van der Waals surface area contributed by atoms with Crippen LogP contribution in [0.4, 0.5) is 0 Å². The molecule has 0 saturated carbocycles. The van der Waals surface area contributed by atoms with Gasteiger partial charge in [-0.2, -0.15) is 0 Å². The van der Waals surface area contributed by atoms with Crippen molar-refractivity contribution in [3.8, 4) is 11.3 Å². The lowest BCUT2D eigenvalue weighted by molar-refractivity contribution is -0.138. The van der Waals surface area contributed by atoms with Crippen LogP contribution >= 0.6 is 11.8 Å². The van der Waals surface area contributed by atoms with E-state index in [1.54, 1.807) is 26.2 Å². The molecule has 0 unspecified atom stereocenters. The molecule has 0 spiro atoms. The summed E-state index contributed by atoms with van der Waals surface area (Å²) in [5.41, 5.74) is 1.78. The number of fused-ring (bicyclic) bond motifs is 1. The zero-order valence-electron chi connectivity index (χ0n) is 12.9. The van der Waals surface area contributed by atoms with E-state index in [0.717, 1.165) is 26.9 Å². The van der Waals surface area contributed by atoms with Crippen molar-refractivity contribution in [1.82, 2.24) is 9.97 Å². The molecule has 0 aliphatic carbocycles. The molecule has 3 aromatic rings. The molecule has 0 aliphatic rings. The van der Waals surface area contributed by atoms with Crippen molar-refractivity contribution in [2.24, 2.45) is 0 Å². The van der Waals surface area contributed by atoms with Crippen molar-refractivity contribution in [3.63, 3.8) is 0 Å². The highest BCUT2D eigenvalue weighted by Crippen LogP contribution is 2.39. The van der Waals surface area contributed by atoms with Crippen molar-refractivity contribution in [2.75, 3.05) is 0 Å². The maximum absolute atomic E-state index is 11.4. The molecule has 0 atom stereocenters. The van der Waals surface area contributed by atoms with Crippen LogP contribution in [0, 0.1) is 0 Å². The highest BCUT2D eigenvalue weighted by molar-refractivity contribution is 8.01. The minimum atomic E-state index is -0.927. The zero-order valence-corrected chi connectivity index (χ0v) is 13.7. The van der Waals surface area contributed by atoms with Crippen LogP contribution in [0.5, 0.6) is 0 Å². The van der Waals surface area contributed by atoms with Crippen LogP contribution in [0.25, 0.3) is 22.0 Å². The molecule has 0 radical (unpaired) electrons. The largest absolute Gasteiger partial charge is 0.480 e. The van der Waals surface area contributed by atoms with Gasteiger partial charge < -0.3 is 5.11 Å². The van der Waals surface area contributed by atoms with Gasteiger partial charge in [0.1, 0.15) is 4.75 Å². The minimum absolute atomic E-state index is 0.795. The summed E-state index contributed by atoms with van der Waals surface area (Å²) in [6, 6.07) is 11.7. The number of pyridine rings is 2. The Labute approximate surface area is 138 Å². The third kappa shape index (κ3) is 3.05. The Hall–Kier alpha value is -2.40. The lowest BCUT2D eigenvalue weighted by Crippen LogP contribution is -2.27. The lowest BCUT2D eigenvalue weighted by Gasteiger charge is -2.20. The van der Waals surface area contributed by atoms with Gasteiger partial charge in [-0.05, 0) is 37.4 Å². The molecule has 3 rings (SSSR count). The summed E-state index contributed by atoms with van der Waals surface area (Å²) in [5, 5.41) is 11.5. The van der Waals surface area contributed by atoms with Crippen LogP contribution in [0.1, 0.15) is 13.8 Å². The molecule has 1 N–H and O–H groups in total. The number of carboxylic acid groups (broad SMARTS) is 1. The Morgan fingerprint density at radius 2 is 1.96 bits per heavy atom. The van der Waals surface area contributed by atoms with Gasteiger partial charge in [0.05, 0.1) is 5.69 Å². The van der Waals surface area contributed by atoms with Crippen LogP contribution in [0.15, 0.2) is 59.9 Å². The lowest BCUT2D eigenvalue weighted by atomic mass is 10.0. The molecule has 2 aromatic heterocycles. The highest BCUT2D eigenvalue weighted by Gasteiger charge is 2.29. The second kappa shape index (κ2) is 6.01. The van der Waals surface area contributed by atoms with Crippen molar-refractivity contribution >= 4 is 28.5 Å². The minimum Gasteiger partial charge on any atom is -0.480 e. The third-order valence-electron chi connectivity index (χ3n) is 3.59. The smallest absolute Gasteiger partial charge is 0.319 e. The van der Waals surface area contributed by atoms with E-state index in [-0.39, 0.29) is 0 Å². The third-order valence-corrected chi connectivity index (χ3v) is 4.82. The van der Waals surface area contributed by atoms with Gasteiger partial charge in [-0.15, -0.1) is 11.8 Å². The molecule has 116 valence electrons. The van der Waals surface area contributed by atoms with Gasteiger partial charge in [0.2, 0.25) is 0 Å². The fourth-order valence-electron chi connectivity index (χ4n) is 2.32. The highest BCUT2D eigenvalue weighted by atomic mass is 32.2. The quantitative estimate of drug-likeness (QED) is 0.727. The number of hydrogen-bond acceptors (Lipinski definition) is 4. The van der Waals surface area contributed by atoms with Gasteiger partial charge in [-0.3, -0.25) is 14.8 Å². The van der Waals surface area contributed by atoms with Gasteiger partial charge in [-0.1, -0.05) is 18.2 Å². The summed E-state index contributed by atoms with van der Waals surface area (Å²) >= 11 is 1.31. The molecule has 1 aromatic carbocycles. The molecule has 0 aliphatic heterocycles. The second-order valence-corrected chi connectivity index (χ2v) is 7.33. The van der Waals surface area contributed by atoms with Crippen LogP contribution in [-0.4, -0.2) is 25.8 Å². The molecular weight excluding hydrogens is 308 g/mol.